The highest BCUT2D eigenvalue weighted by Crippen LogP contribution is 2.27. The maximum absolute atomic E-state index is 11.7. The molecule has 0 fully saturated rings. The van der Waals surface area contributed by atoms with E-state index in [1.165, 1.54) is 18.5 Å². The van der Waals surface area contributed by atoms with Crippen LogP contribution in [0.3, 0.4) is 0 Å². The first-order valence-corrected chi connectivity index (χ1v) is 7.26. The highest BCUT2D eigenvalue weighted by Gasteiger charge is 2.16. The summed E-state index contributed by atoms with van der Waals surface area (Å²) in [5.74, 6) is 0. The monoisotopic (exact) mass is 322 g/mol. The van der Waals surface area contributed by atoms with Gasteiger partial charge in [0.05, 0.1) is 22.2 Å². The van der Waals surface area contributed by atoms with Crippen LogP contribution >= 0.6 is 0 Å². The molecule has 0 aliphatic carbocycles. The third-order valence-corrected chi connectivity index (χ3v) is 3.47. The first-order chi connectivity index (χ1) is 11.6. The Morgan fingerprint density at radius 1 is 1.25 bits per heavy atom. The highest BCUT2D eigenvalue weighted by atomic mass is 16.6. The minimum Gasteiger partial charge on any atom is -0.376 e. The molecule has 0 aliphatic heterocycles. The maximum Gasteiger partial charge on any atom is 0.293 e. The number of anilines is 1. The molecule has 1 aromatic heterocycles. The molecule has 0 aliphatic rings. The van der Waals surface area contributed by atoms with Crippen molar-refractivity contribution in [3.05, 3.63) is 80.9 Å². The van der Waals surface area contributed by atoms with E-state index in [4.69, 9.17) is 0 Å². The van der Waals surface area contributed by atoms with Crippen molar-refractivity contribution < 1.29 is 4.92 Å². The molecule has 0 unspecified atom stereocenters. The van der Waals surface area contributed by atoms with E-state index >= 15 is 0 Å². The lowest BCUT2D eigenvalue weighted by Gasteiger charge is -2.06. The fourth-order valence-corrected chi connectivity index (χ4v) is 2.32. The van der Waals surface area contributed by atoms with Crippen molar-refractivity contribution in [2.75, 3.05) is 11.9 Å². The number of fused-ring (bicyclic) bond motifs is 1. The summed E-state index contributed by atoms with van der Waals surface area (Å²) in [7, 11) is 0. The molecule has 0 amide bonds. The first-order valence-electron chi connectivity index (χ1n) is 7.26. The number of hydrogen-bond acceptors (Lipinski definition) is 5. The summed E-state index contributed by atoms with van der Waals surface area (Å²) in [4.78, 5) is 28.9. The van der Waals surface area contributed by atoms with Crippen molar-refractivity contribution in [1.82, 2.24) is 9.97 Å². The molecule has 3 aromatic rings. The van der Waals surface area contributed by atoms with Crippen LogP contribution in [0.4, 0.5) is 11.4 Å². The number of nitrogens with one attached hydrogen (secondary N) is 2. The van der Waals surface area contributed by atoms with Crippen molar-refractivity contribution in [3.8, 4) is 0 Å². The number of nitro benzene ring substituents is 1. The lowest BCUT2D eigenvalue weighted by molar-refractivity contribution is -0.383. The van der Waals surface area contributed by atoms with E-state index in [9.17, 15) is 14.9 Å². The van der Waals surface area contributed by atoms with Crippen LogP contribution < -0.4 is 10.9 Å². The highest BCUT2D eigenvalue weighted by molar-refractivity contribution is 5.86. The summed E-state index contributed by atoms with van der Waals surface area (Å²) in [6.07, 6.45) is 5.06. The number of aromatic amines is 1. The smallest absolute Gasteiger partial charge is 0.293 e. The van der Waals surface area contributed by atoms with Gasteiger partial charge in [0.1, 0.15) is 5.69 Å². The van der Waals surface area contributed by atoms with Crippen LogP contribution in [-0.4, -0.2) is 21.4 Å². The van der Waals surface area contributed by atoms with Crippen LogP contribution in [0.25, 0.3) is 17.0 Å². The molecule has 0 spiro atoms. The fraction of sp³-hybridized carbons (Fsp3) is 0.0588. The zero-order valence-corrected chi connectivity index (χ0v) is 12.6. The van der Waals surface area contributed by atoms with Gasteiger partial charge < -0.3 is 10.3 Å². The van der Waals surface area contributed by atoms with Crippen molar-refractivity contribution in [3.63, 3.8) is 0 Å². The fourth-order valence-electron chi connectivity index (χ4n) is 2.32. The quantitative estimate of drug-likeness (QED) is 0.555. The normalized spacial score (nSPS) is 11.0. The molecule has 3 rings (SSSR count). The number of hydrogen-bond donors (Lipinski definition) is 2. The van der Waals surface area contributed by atoms with E-state index in [1.807, 2.05) is 42.5 Å². The zero-order chi connectivity index (χ0) is 16.9. The van der Waals surface area contributed by atoms with Crippen LogP contribution in [0.1, 0.15) is 5.56 Å². The first kappa shape index (κ1) is 15.4. The Labute approximate surface area is 136 Å². The molecular formula is C17H14N4O3. The Kier molecular flexibility index (Phi) is 4.33. The van der Waals surface area contributed by atoms with Crippen LogP contribution in [-0.2, 0) is 0 Å². The SMILES string of the molecule is O=c1[nH]cnc2cc(NC/C=C/c3ccccc3)c([N+](=O)[O-])cc12. The number of aromatic nitrogens is 2. The molecule has 7 heteroatoms. The molecule has 0 radical (unpaired) electrons. The molecule has 7 nitrogen and oxygen atoms in total. The molecule has 2 aromatic carbocycles. The summed E-state index contributed by atoms with van der Waals surface area (Å²) in [5.41, 5.74) is 1.20. The minimum absolute atomic E-state index is 0.158. The summed E-state index contributed by atoms with van der Waals surface area (Å²) < 4.78 is 0. The maximum atomic E-state index is 11.7. The van der Waals surface area contributed by atoms with E-state index in [0.717, 1.165) is 5.56 Å². The van der Waals surface area contributed by atoms with Gasteiger partial charge in [-0.05, 0) is 11.6 Å². The Morgan fingerprint density at radius 3 is 2.79 bits per heavy atom. The van der Waals surface area contributed by atoms with E-state index in [-0.39, 0.29) is 11.1 Å². The van der Waals surface area contributed by atoms with Gasteiger partial charge in [-0.25, -0.2) is 4.98 Å². The van der Waals surface area contributed by atoms with Gasteiger partial charge in [0.25, 0.3) is 11.2 Å². The summed E-state index contributed by atoms with van der Waals surface area (Å²) >= 11 is 0. The Bertz CT molecular complexity index is 964. The third-order valence-electron chi connectivity index (χ3n) is 3.47. The van der Waals surface area contributed by atoms with Gasteiger partial charge in [-0.3, -0.25) is 14.9 Å². The van der Waals surface area contributed by atoms with Crippen molar-refractivity contribution in [2.24, 2.45) is 0 Å². The number of nitro groups is 1. The molecule has 1 heterocycles. The van der Waals surface area contributed by atoms with Gasteiger partial charge in [-0.2, -0.15) is 0 Å². The standard InChI is InChI=1S/C17H14N4O3/c22-17-13-9-16(21(23)24)15(10-14(13)19-11-20-17)18-8-4-7-12-5-2-1-3-6-12/h1-7,9-11,18H,8H2,(H,19,20,22)/b7-4+. The van der Waals surface area contributed by atoms with E-state index < -0.39 is 10.5 Å². The van der Waals surface area contributed by atoms with E-state index in [0.29, 0.717) is 17.7 Å². The van der Waals surface area contributed by atoms with Gasteiger partial charge in [0.2, 0.25) is 0 Å². The summed E-state index contributed by atoms with van der Waals surface area (Å²) in [6.45, 7) is 0.407. The van der Waals surface area contributed by atoms with E-state index in [1.54, 1.807) is 0 Å². The van der Waals surface area contributed by atoms with Crippen molar-refractivity contribution in [1.29, 1.82) is 0 Å². The number of rotatable bonds is 5. The molecule has 2 N–H and O–H groups in total. The summed E-state index contributed by atoms with van der Waals surface area (Å²) in [6, 6.07) is 12.5. The Hall–Kier alpha value is -3.48. The summed E-state index contributed by atoms with van der Waals surface area (Å²) in [5, 5.41) is 14.4. The molecule has 0 saturated heterocycles. The second-order valence-corrected chi connectivity index (χ2v) is 5.07. The van der Waals surface area contributed by atoms with Gasteiger partial charge >= 0.3 is 0 Å². The van der Waals surface area contributed by atoms with Crippen LogP contribution in [0.15, 0.2) is 59.7 Å². The van der Waals surface area contributed by atoms with Gasteiger partial charge in [0, 0.05) is 12.6 Å². The van der Waals surface area contributed by atoms with Gasteiger partial charge in [-0.15, -0.1) is 0 Å². The largest absolute Gasteiger partial charge is 0.376 e. The van der Waals surface area contributed by atoms with Crippen LogP contribution in [0.5, 0.6) is 0 Å². The topological polar surface area (TPSA) is 101 Å². The minimum atomic E-state index is -0.519. The molecule has 0 saturated carbocycles. The average Bonchev–Trinajstić information content (AvgIpc) is 2.59. The predicted octanol–water partition coefficient (Wildman–Crippen LogP) is 2.96. The third kappa shape index (κ3) is 3.30. The molecule has 0 bridgehead atoms. The number of benzene rings is 2. The molecule has 24 heavy (non-hydrogen) atoms. The van der Waals surface area contributed by atoms with Crippen LogP contribution in [0.2, 0.25) is 0 Å². The molecule has 0 atom stereocenters. The van der Waals surface area contributed by atoms with Gasteiger partial charge in [-0.1, -0.05) is 42.5 Å². The average molecular weight is 322 g/mol. The second kappa shape index (κ2) is 6.74. The van der Waals surface area contributed by atoms with Gasteiger partial charge in [0.15, 0.2) is 0 Å². The molecule has 120 valence electrons. The number of nitrogens with zero attached hydrogens (tertiary/aromatic N) is 2. The predicted molar refractivity (Wildman–Crippen MR) is 93.0 cm³/mol. The number of H-pyrrole nitrogens is 1. The van der Waals surface area contributed by atoms with E-state index in [2.05, 4.69) is 15.3 Å². The molecular weight excluding hydrogens is 308 g/mol. The lowest BCUT2D eigenvalue weighted by atomic mass is 10.2. The lowest BCUT2D eigenvalue weighted by Crippen LogP contribution is -2.08. The second-order valence-electron chi connectivity index (χ2n) is 5.07. The Balaban J connectivity index is 1.85. The Morgan fingerprint density at radius 2 is 2.04 bits per heavy atom. The van der Waals surface area contributed by atoms with Crippen LogP contribution in [0, 0.1) is 10.1 Å². The zero-order valence-electron chi connectivity index (χ0n) is 12.6. The van der Waals surface area contributed by atoms with Crippen molar-refractivity contribution >= 4 is 28.4 Å². The van der Waals surface area contributed by atoms with Crippen molar-refractivity contribution in [2.45, 2.75) is 0 Å².